The number of nitrogens with zero attached hydrogens (tertiary/aromatic N) is 3. The van der Waals surface area contributed by atoms with E-state index in [-0.39, 0.29) is 0 Å². The molecular weight excluding hydrogens is 434 g/mol. The van der Waals surface area contributed by atoms with Gasteiger partial charge >= 0.3 is 0 Å². The van der Waals surface area contributed by atoms with Crippen LogP contribution in [0.3, 0.4) is 0 Å². The predicted octanol–water partition coefficient (Wildman–Crippen LogP) is 7.53. The van der Waals surface area contributed by atoms with Crippen molar-refractivity contribution in [2.75, 3.05) is 4.90 Å². The quantitative estimate of drug-likeness (QED) is 0.282. The van der Waals surface area contributed by atoms with Gasteiger partial charge < -0.3 is 4.90 Å². The van der Waals surface area contributed by atoms with Gasteiger partial charge in [0.2, 0.25) is 0 Å². The highest BCUT2D eigenvalue weighted by Crippen LogP contribution is 2.36. The van der Waals surface area contributed by atoms with E-state index in [1.165, 1.54) is 0 Å². The first-order valence-electron chi connectivity index (χ1n) is 9.71. The van der Waals surface area contributed by atoms with E-state index in [2.05, 4.69) is 110 Å². The molecule has 0 aliphatic carbocycles. The summed E-state index contributed by atoms with van der Waals surface area (Å²) in [7, 11) is 0. The van der Waals surface area contributed by atoms with Gasteiger partial charge in [-0.15, -0.1) is 0 Å². The van der Waals surface area contributed by atoms with Gasteiger partial charge in [-0.25, -0.2) is 0 Å². The molecule has 0 saturated heterocycles. The molecule has 0 amide bonds. The van der Waals surface area contributed by atoms with Crippen LogP contribution in [-0.2, 0) is 0 Å². The van der Waals surface area contributed by atoms with Crippen molar-refractivity contribution in [2.24, 2.45) is 0 Å². The van der Waals surface area contributed by atoms with Gasteiger partial charge in [-0.05, 0) is 64.0 Å². The van der Waals surface area contributed by atoms with Crippen LogP contribution >= 0.6 is 15.9 Å². The average Bonchev–Trinajstić information content (AvgIpc) is 2.82. The second-order valence-corrected chi connectivity index (χ2v) is 7.76. The molecule has 0 saturated carbocycles. The van der Waals surface area contributed by atoms with Crippen LogP contribution < -0.4 is 4.90 Å². The summed E-state index contributed by atoms with van der Waals surface area (Å²) in [6, 6.07) is 33.5. The molecule has 5 aromatic rings. The smallest absolute Gasteiger partial charge is 0.103 e. The van der Waals surface area contributed by atoms with Crippen LogP contribution in [0, 0.1) is 0 Å². The number of hydrogen-bond acceptors (Lipinski definition) is 3. The molecule has 0 N–H and O–H groups in total. The number of hydrogen-bond donors (Lipinski definition) is 0. The second-order valence-electron chi connectivity index (χ2n) is 6.90. The number of fused-ring (bicyclic) bond motifs is 1. The fourth-order valence-electron chi connectivity index (χ4n) is 3.65. The van der Waals surface area contributed by atoms with Crippen LogP contribution in [0.1, 0.15) is 0 Å². The van der Waals surface area contributed by atoms with E-state index in [1.807, 2.05) is 18.2 Å². The maximum Gasteiger partial charge on any atom is 0.103 e. The average molecular weight is 452 g/mol. The summed E-state index contributed by atoms with van der Waals surface area (Å²) in [4.78, 5) is 11.3. The molecule has 0 aliphatic heterocycles. The maximum absolute atomic E-state index is 4.57. The first-order chi connectivity index (χ1) is 14.8. The minimum Gasteiger partial charge on any atom is -0.311 e. The van der Waals surface area contributed by atoms with E-state index in [0.29, 0.717) is 0 Å². The van der Waals surface area contributed by atoms with Gasteiger partial charge in [0.25, 0.3) is 0 Å². The van der Waals surface area contributed by atoms with Gasteiger partial charge in [0.1, 0.15) is 5.52 Å². The maximum atomic E-state index is 4.57. The normalized spacial score (nSPS) is 10.8. The molecule has 0 aliphatic rings. The summed E-state index contributed by atoms with van der Waals surface area (Å²) in [6.07, 6.45) is 3.46. The van der Waals surface area contributed by atoms with Crippen molar-refractivity contribution < 1.29 is 0 Å². The molecule has 0 bridgehead atoms. The molecule has 0 atom stereocenters. The van der Waals surface area contributed by atoms with E-state index in [0.717, 1.165) is 43.7 Å². The Morgan fingerprint density at radius 2 is 1.07 bits per heavy atom. The minimum atomic E-state index is 0.870. The topological polar surface area (TPSA) is 29.0 Å². The molecule has 144 valence electrons. The molecule has 0 spiro atoms. The van der Waals surface area contributed by atoms with E-state index in [1.54, 1.807) is 12.4 Å². The highest BCUT2D eigenvalue weighted by molar-refractivity contribution is 9.10. The monoisotopic (exact) mass is 451 g/mol. The first kappa shape index (κ1) is 18.5. The van der Waals surface area contributed by atoms with E-state index >= 15 is 0 Å². The van der Waals surface area contributed by atoms with Crippen molar-refractivity contribution in [3.05, 3.63) is 114 Å². The van der Waals surface area contributed by atoms with Gasteiger partial charge in [-0.3, -0.25) is 9.97 Å². The van der Waals surface area contributed by atoms with Gasteiger partial charge in [-0.2, -0.15) is 0 Å². The number of benzene rings is 4. The fraction of sp³-hybridized carbons (Fsp3) is 0. The van der Waals surface area contributed by atoms with Crippen molar-refractivity contribution in [1.82, 2.24) is 9.97 Å². The van der Waals surface area contributed by atoms with Crippen molar-refractivity contribution in [1.29, 1.82) is 0 Å². The van der Waals surface area contributed by atoms with Crippen LogP contribution in [0.5, 0.6) is 0 Å². The van der Waals surface area contributed by atoms with Gasteiger partial charge in [0.15, 0.2) is 0 Å². The van der Waals surface area contributed by atoms with Crippen molar-refractivity contribution in [3.8, 4) is 11.1 Å². The van der Waals surface area contributed by atoms with E-state index < -0.39 is 0 Å². The van der Waals surface area contributed by atoms with Crippen molar-refractivity contribution in [3.63, 3.8) is 0 Å². The highest BCUT2D eigenvalue weighted by atomic mass is 79.9. The van der Waals surface area contributed by atoms with Crippen LogP contribution in [0.15, 0.2) is 114 Å². The molecule has 5 rings (SSSR count). The third kappa shape index (κ3) is 3.46. The lowest BCUT2D eigenvalue weighted by Crippen LogP contribution is -2.09. The first-order valence-corrected chi connectivity index (χ1v) is 10.5. The molecule has 30 heavy (non-hydrogen) atoms. The Bertz CT molecular complexity index is 1250. The third-order valence-electron chi connectivity index (χ3n) is 5.04. The van der Waals surface area contributed by atoms with Crippen LogP contribution in [0.2, 0.25) is 0 Å². The molecule has 0 unspecified atom stereocenters. The Balaban J connectivity index is 1.60. The highest BCUT2D eigenvalue weighted by Gasteiger charge is 2.13. The summed E-state index contributed by atoms with van der Waals surface area (Å²) in [5.41, 5.74) is 7.28. The van der Waals surface area contributed by atoms with Crippen molar-refractivity contribution in [2.45, 2.75) is 0 Å². The Morgan fingerprint density at radius 1 is 0.533 bits per heavy atom. The molecule has 1 aromatic heterocycles. The van der Waals surface area contributed by atoms with Crippen LogP contribution in [0.4, 0.5) is 17.1 Å². The fourth-order valence-corrected chi connectivity index (χ4v) is 4.07. The zero-order valence-corrected chi connectivity index (χ0v) is 17.7. The summed E-state index contributed by atoms with van der Waals surface area (Å²) in [5.74, 6) is 0. The third-order valence-corrected chi connectivity index (χ3v) is 5.68. The molecule has 4 heteroatoms. The number of rotatable bonds is 4. The van der Waals surface area contributed by atoms with Crippen LogP contribution in [-0.4, -0.2) is 9.97 Å². The molecule has 3 nitrogen and oxygen atoms in total. The van der Waals surface area contributed by atoms with Crippen LogP contribution in [0.25, 0.3) is 22.2 Å². The lowest BCUT2D eigenvalue weighted by atomic mass is 10.0. The molecule has 0 radical (unpaired) electrons. The summed E-state index contributed by atoms with van der Waals surface area (Å²) >= 11 is 3.58. The van der Waals surface area contributed by atoms with E-state index in [9.17, 15) is 0 Å². The lowest BCUT2D eigenvalue weighted by Gasteiger charge is -2.25. The predicted molar refractivity (Wildman–Crippen MR) is 127 cm³/mol. The number of aromatic nitrogens is 2. The molecule has 4 aromatic carbocycles. The standard InChI is InChI=1S/C26H18BrN3/c27-24-16-15-23(25-26(24)29-18-17-28-25)19-11-13-22(14-12-19)30(20-7-3-1-4-8-20)21-9-5-2-6-10-21/h1-18H. The number of para-hydroxylation sites is 2. The molecular formula is C26H18BrN3. The van der Waals surface area contributed by atoms with Gasteiger partial charge in [-0.1, -0.05) is 54.6 Å². The van der Waals surface area contributed by atoms with Gasteiger partial charge in [0.05, 0.1) is 5.52 Å². The Kier molecular flexibility index (Phi) is 4.99. The molecule has 0 fully saturated rings. The second kappa shape index (κ2) is 8.09. The summed E-state index contributed by atoms with van der Waals surface area (Å²) < 4.78 is 0.949. The minimum absolute atomic E-state index is 0.870. The number of halogens is 1. The summed E-state index contributed by atoms with van der Waals surface area (Å²) in [6.45, 7) is 0. The summed E-state index contributed by atoms with van der Waals surface area (Å²) in [5, 5.41) is 0. The zero-order chi connectivity index (χ0) is 20.3. The SMILES string of the molecule is Brc1ccc(-c2ccc(N(c3ccccc3)c3ccccc3)cc2)c2nccnc12. The number of anilines is 3. The van der Waals surface area contributed by atoms with Crippen molar-refractivity contribution >= 4 is 44.0 Å². The van der Waals surface area contributed by atoms with Gasteiger partial charge in [0, 0.05) is 39.5 Å². The Hall–Kier alpha value is -3.50. The van der Waals surface area contributed by atoms with E-state index in [4.69, 9.17) is 0 Å². The Labute approximate surface area is 183 Å². The largest absolute Gasteiger partial charge is 0.311 e. The molecule has 1 heterocycles. The zero-order valence-electron chi connectivity index (χ0n) is 16.1. The lowest BCUT2D eigenvalue weighted by molar-refractivity contribution is 1.28. The Morgan fingerprint density at radius 3 is 1.67 bits per heavy atom.